The molecule has 0 heterocycles. The van der Waals surface area contributed by atoms with Crippen molar-refractivity contribution in [2.45, 2.75) is 32.2 Å². The molecule has 0 fully saturated rings. The van der Waals surface area contributed by atoms with Gasteiger partial charge in [-0.05, 0) is 43.7 Å². The number of carbonyl (C=O) groups excluding carboxylic acids is 1. The van der Waals surface area contributed by atoms with Gasteiger partial charge in [0.05, 0.1) is 21.3 Å². The number of ketones is 1. The summed E-state index contributed by atoms with van der Waals surface area (Å²) in [7, 11) is 7.72. The number of ether oxygens (including phenoxy) is 6. The normalized spacial score (nSPS) is 19.7. The fourth-order valence-corrected chi connectivity index (χ4v) is 3.25. The molecule has 0 saturated heterocycles. The maximum atomic E-state index is 13.1. The predicted molar refractivity (Wildman–Crippen MR) is 114 cm³/mol. The zero-order chi connectivity index (χ0) is 22.3. The maximum Gasteiger partial charge on any atom is 0.204 e. The molecule has 0 bridgehead atoms. The van der Waals surface area contributed by atoms with Gasteiger partial charge in [-0.1, -0.05) is 12.2 Å². The monoisotopic (exact) mass is 418 g/mol. The molecule has 1 aromatic carbocycles. The summed E-state index contributed by atoms with van der Waals surface area (Å²) in [4.78, 5) is 13.1. The SMILES string of the molecule is C/C=C/c1cc(OC)c(OC(C)C(=O)C2=CC(OC)C(OC)C(OC)=C2)c(OC)c1. The molecule has 0 saturated carbocycles. The van der Waals surface area contributed by atoms with E-state index < -0.39 is 18.3 Å². The Morgan fingerprint density at radius 1 is 1.00 bits per heavy atom. The van der Waals surface area contributed by atoms with E-state index in [1.165, 1.54) is 7.11 Å². The van der Waals surface area contributed by atoms with E-state index >= 15 is 0 Å². The van der Waals surface area contributed by atoms with Crippen LogP contribution in [0.1, 0.15) is 19.4 Å². The van der Waals surface area contributed by atoms with Gasteiger partial charge in [0.25, 0.3) is 0 Å². The van der Waals surface area contributed by atoms with E-state index in [0.29, 0.717) is 28.6 Å². The van der Waals surface area contributed by atoms with Crippen LogP contribution in [0.3, 0.4) is 0 Å². The van der Waals surface area contributed by atoms with E-state index in [4.69, 9.17) is 28.4 Å². The molecule has 1 aliphatic carbocycles. The molecular weight excluding hydrogens is 388 g/mol. The van der Waals surface area contributed by atoms with Gasteiger partial charge in [-0.3, -0.25) is 4.79 Å². The molecular formula is C23H30O7. The number of hydrogen-bond acceptors (Lipinski definition) is 7. The quantitative estimate of drug-likeness (QED) is 0.575. The molecule has 7 heteroatoms. The number of rotatable bonds is 10. The number of allylic oxidation sites excluding steroid dienone is 2. The lowest BCUT2D eigenvalue weighted by Gasteiger charge is -2.28. The topological polar surface area (TPSA) is 72.5 Å². The lowest BCUT2D eigenvalue weighted by atomic mass is 9.95. The van der Waals surface area contributed by atoms with Crippen LogP contribution in [0.15, 0.2) is 41.7 Å². The molecule has 30 heavy (non-hydrogen) atoms. The maximum absolute atomic E-state index is 13.1. The highest BCUT2D eigenvalue weighted by Gasteiger charge is 2.32. The summed E-state index contributed by atoms with van der Waals surface area (Å²) < 4.78 is 33.2. The Bertz CT molecular complexity index is 813. The first kappa shape index (κ1) is 23.5. The average molecular weight is 418 g/mol. The molecule has 0 radical (unpaired) electrons. The van der Waals surface area contributed by atoms with Crippen molar-refractivity contribution in [1.29, 1.82) is 0 Å². The van der Waals surface area contributed by atoms with Crippen LogP contribution in [-0.2, 0) is 19.0 Å². The summed E-state index contributed by atoms with van der Waals surface area (Å²) >= 11 is 0. The van der Waals surface area contributed by atoms with Crippen molar-refractivity contribution in [3.8, 4) is 17.2 Å². The second kappa shape index (κ2) is 10.8. The second-order valence-corrected chi connectivity index (χ2v) is 6.61. The highest BCUT2D eigenvalue weighted by Crippen LogP contribution is 2.40. The first-order valence-electron chi connectivity index (χ1n) is 9.56. The third-order valence-corrected chi connectivity index (χ3v) is 4.77. The number of benzene rings is 1. The molecule has 1 aliphatic rings. The minimum Gasteiger partial charge on any atom is -0.498 e. The number of Topliss-reactive ketones (excluding diaryl/α,β-unsaturated/α-hetero) is 1. The van der Waals surface area contributed by atoms with Gasteiger partial charge in [0, 0.05) is 19.8 Å². The minimum atomic E-state index is -0.808. The van der Waals surface area contributed by atoms with Crippen LogP contribution in [-0.4, -0.2) is 59.6 Å². The summed E-state index contributed by atoms with van der Waals surface area (Å²) in [5, 5.41) is 0. The molecule has 2 rings (SSSR count). The molecule has 3 unspecified atom stereocenters. The summed E-state index contributed by atoms with van der Waals surface area (Å²) in [5.41, 5.74) is 1.32. The van der Waals surface area contributed by atoms with Gasteiger partial charge < -0.3 is 28.4 Å². The average Bonchev–Trinajstić information content (AvgIpc) is 2.77. The summed E-state index contributed by atoms with van der Waals surface area (Å²) in [6.07, 6.45) is 5.51. The van der Waals surface area contributed by atoms with Crippen molar-refractivity contribution >= 4 is 11.9 Å². The van der Waals surface area contributed by atoms with E-state index in [1.54, 1.807) is 47.5 Å². The molecule has 164 valence electrons. The van der Waals surface area contributed by atoms with Crippen molar-refractivity contribution < 1.29 is 33.2 Å². The van der Waals surface area contributed by atoms with E-state index in [2.05, 4.69) is 0 Å². The second-order valence-electron chi connectivity index (χ2n) is 6.61. The van der Waals surface area contributed by atoms with Gasteiger partial charge in [-0.2, -0.15) is 0 Å². The van der Waals surface area contributed by atoms with E-state index in [-0.39, 0.29) is 5.78 Å². The van der Waals surface area contributed by atoms with Crippen LogP contribution in [0.4, 0.5) is 0 Å². The van der Waals surface area contributed by atoms with Crippen LogP contribution in [0, 0.1) is 0 Å². The molecule has 3 atom stereocenters. The largest absolute Gasteiger partial charge is 0.498 e. The Hall–Kier alpha value is -2.77. The number of carbonyl (C=O) groups is 1. The van der Waals surface area contributed by atoms with Crippen LogP contribution in [0.5, 0.6) is 17.2 Å². The molecule has 0 spiro atoms. The van der Waals surface area contributed by atoms with Gasteiger partial charge in [-0.15, -0.1) is 0 Å². The van der Waals surface area contributed by atoms with Gasteiger partial charge in [0.15, 0.2) is 17.6 Å². The molecule has 0 aromatic heterocycles. The van der Waals surface area contributed by atoms with Crippen molar-refractivity contribution in [1.82, 2.24) is 0 Å². The third-order valence-electron chi connectivity index (χ3n) is 4.77. The molecule has 0 aliphatic heterocycles. The smallest absolute Gasteiger partial charge is 0.204 e. The summed E-state index contributed by atoms with van der Waals surface area (Å²) in [6.45, 7) is 3.59. The first-order chi connectivity index (χ1) is 14.4. The Balaban J connectivity index is 2.33. The van der Waals surface area contributed by atoms with Crippen LogP contribution < -0.4 is 14.2 Å². The zero-order valence-electron chi connectivity index (χ0n) is 18.6. The molecule has 1 aromatic rings. The first-order valence-corrected chi connectivity index (χ1v) is 9.56. The summed E-state index contributed by atoms with van der Waals surface area (Å²) in [6, 6.07) is 3.64. The minimum absolute atomic E-state index is 0.234. The Kier molecular flexibility index (Phi) is 8.50. The fraction of sp³-hybridized carbons (Fsp3) is 0.435. The van der Waals surface area contributed by atoms with Crippen molar-refractivity contribution in [3.63, 3.8) is 0 Å². The molecule has 0 N–H and O–H groups in total. The van der Waals surface area contributed by atoms with Gasteiger partial charge in [-0.25, -0.2) is 0 Å². The number of methoxy groups -OCH3 is 5. The zero-order valence-corrected chi connectivity index (χ0v) is 18.6. The van der Waals surface area contributed by atoms with Crippen LogP contribution in [0.25, 0.3) is 6.08 Å². The third kappa shape index (κ3) is 5.04. The van der Waals surface area contributed by atoms with Gasteiger partial charge >= 0.3 is 0 Å². The standard InChI is InChI=1S/C23H30O7/c1-8-9-15-10-17(25-3)23(18(11-15)26-4)30-14(2)21(24)16-12-19(27-5)22(29-7)20(13-16)28-6/h8-14,19,22H,1-7H3/b9-8+. The highest BCUT2D eigenvalue weighted by molar-refractivity contribution is 6.01. The Morgan fingerprint density at radius 2 is 1.63 bits per heavy atom. The van der Waals surface area contributed by atoms with Gasteiger partial charge in [0.2, 0.25) is 11.5 Å². The van der Waals surface area contributed by atoms with E-state index in [1.807, 2.05) is 31.2 Å². The van der Waals surface area contributed by atoms with Gasteiger partial charge in [0.1, 0.15) is 18.0 Å². The Morgan fingerprint density at radius 3 is 2.10 bits per heavy atom. The van der Waals surface area contributed by atoms with E-state index in [9.17, 15) is 4.79 Å². The molecule has 7 nitrogen and oxygen atoms in total. The fourth-order valence-electron chi connectivity index (χ4n) is 3.25. The van der Waals surface area contributed by atoms with Crippen molar-refractivity contribution in [2.24, 2.45) is 0 Å². The highest BCUT2D eigenvalue weighted by atomic mass is 16.6. The Labute approximate surface area is 177 Å². The predicted octanol–water partition coefficient (Wildman–Crippen LogP) is 3.57. The van der Waals surface area contributed by atoms with Crippen molar-refractivity contribution in [2.75, 3.05) is 35.5 Å². The van der Waals surface area contributed by atoms with Crippen LogP contribution >= 0.6 is 0 Å². The lowest BCUT2D eigenvalue weighted by Crippen LogP contribution is -2.36. The summed E-state index contributed by atoms with van der Waals surface area (Å²) in [5.74, 6) is 1.58. The van der Waals surface area contributed by atoms with Crippen LogP contribution in [0.2, 0.25) is 0 Å². The molecule has 0 amide bonds. The lowest BCUT2D eigenvalue weighted by molar-refractivity contribution is -0.121. The van der Waals surface area contributed by atoms with Crippen molar-refractivity contribution in [3.05, 3.63) is 47.3 Å². The number of hydrogen-bond donors (Lipinski definition) is 0. The van der Waals surface area contributed by atoms with E-state index in [0.717, 1.165) is 5.56 Å².